The molecule has 0 fully saturated rings. The summed E-state index contributed by atoms with van der Waals surface area (Å²) in [4.78, 5) is 11.1. The average molecular weight is 196 g/mol. The highest BCUT2D eigenvalue weighted by molar-refractivity contribution is 5.87. The molecule has 0 aromatic rings. The van der Waals surface area contributed by atoms with Crippen LogP contribution in [0.25, 0.3) is 0 Å². The molecular formula is C10H16N2O2. The molecule has 1 atom stereocenters. The standard InChI is InChI=1S/C10H16N2O2/c1-5-7-11-12-9(6-2)14-10(13)8(3)4/h5-6,9,11-12H,1-3,7H2,4H3. The van der Waals surface area contributed by atoms with Crippen LogP contribution in [0, 0.1) is 0 Å². The van der Waals surface area contributed by atoms with Crippen molar-refractivity contribution in [3.8, 4) is 0 Å². The van der Waals surface area contributed by atoms with Crippen LogP contribution in [0.15, 0.2) is 37.5 Å². The van der Waals surface area contributed by atoms with Crippen molar-refractivity contribution >= 4 is 5.97 Å². The second kappa shape index (κ2) is 7.06. The highest BCUT2D eigenvalue weighted by Gasteiger charge is 2.09. The number of hydrogen-bond donors (Lipinski definition) is 2. The lowest BCUT2D eigenvalue weighted by Crippen LogP contribution is -2.42. The molecule has 0 saturated carbocycles. The normalized spacial score (nSPS) is 11.5. The maximum atomic E-state index is 11.1. The number of nitrogens with one attached hydrogen (secondary N) is 2. The Morgan fingerprint density at radius 3 is 2.64 bits per heavy atom. The van der Waals surface area contributed by atoms with Crippen molar-refractivity contribution in [3.05, 3.63) is 37.5 Å². The molecule has 14 heavy (non-hydrogen) atoms. The van der Waals surface area contributed by atoms with Crippen molar-refractivity contribution < 1.29 is 9.53 Å². The fourth-order valence-corrected chi connectivity index (χ4v) is 0.584. The first-order chi connectivity index (χ1) is 6.61. The number of esters is 1. The van der Waals surface area contributed by atoms with Gasteiger partial charge in [0.15, 0.2) is 6.23 Å². The van der Waals surface area contributed by atoms with Crippen LogP contribution in [0.1, 0.15) is 6.92 Å². The van der Waals surface area contributed by atoms with Crippen LogP contribution in [-0.4, -0.2) is 18.7 Å². The van der Waals surface area contributed by atoms with Gasteiger partial charge >= 0.3 is 5.97 Å². The van der Waals surface area contributed by atoms with E-state index < -0.39 is 12.2 Å². The summed E-state index contributed by atoms with van der Waals surface area (Å²) in [5.74, 6) is -0.456. The smallest absolute Gasteiger partial charge is 0.334 e. The molecule has 0 aliphatic heterocycles. The van der Waals surface area contributed by atoms with Crippen LogP contribution in [-0.2, 0) is 9.53 Å². The minimum absolute atomic E-state index is 0.349. The van der Waals surface area contributed by atoms with Crippen molar-refractivity contribution in [3.63, 3.8) is 0 Å². The van der Waals surface area contributed by atoms with Gasteiger partial charge in [0.05, 0.1) is 0 Å². The molecule has 0 spiro atoms. The minimum atomic E-state index is -0.570. The fraction of sp³-hybridized carbons (Fsp3) is 0.300. The predicted molar refractivity (Wildman–Crippen MR) is 56.2 cm³/mol. The molecule has 0 bridgehead atoms. The van der Waals surface area contributed by atoms with Crippen LogP contribution in [0.5, 0.6) is 0 Å². The van der Waals surface area contributed by atoms with Gasteiger partial charge in [0.2, 0.25) is 0 Å². The molecule has 1 unspecified atom stereocenters. The summed E-state index contributed by atoms with van der Waals surface area (Å²) >= 11 is 0. The zero-order valence-corrected chi connectivity index (χ0v) is 8.38. The molecule has 2 N–H and O–H groups in total. The van der Waals surface area contributed by atoms with Crippen LogP contribution < -0.4 is 10.9 Å². The molecule has 0 heterocycles. The van der Waals surface area contributed by atoms with Crippen molar-refractivity contribution in [1.82, 2.24) is 10.9 Å². The molecule has 0 saturated heterocycles. The van der Waals surface area contributed by atoms with E-state index in [1.54, 1.807) is 13.0 Å². The highest BCUT2D eigenvalue weighted by Crippen LogP contribution is 1.96. The largest absolute Gasteiger partial charge is 0.438 e. The van der Waals surface area contributed by atoms with E-state index in [2.05, 4.69) is 30.6 Å². The predicted octanol–water partition coefficient (Wildman–Crippen LogP) is 0.898. The van der Waals surface area contributed by atoms with Gasteiger partial charge in [-0.2, -0.15) is 0 Å². The quantitative estimate of drug-likeness (QED) is 0.159. The molecule has 0 aliphatic rings. The Bertz CT molecular complexity index is 236. The highest BCUT2D eigenvalue weighted by atomic mass is 16.6. The van der Waals surface area contributed by atoms with Gasteiger partial charge in [-0.15, -0.1) is 6.58 Å². The van der Waals surface area contributed by atoms with Crippen LogP contribution in [0.3, 0.4) is 0 Å². The molecule has 0 radical (unpaired) electrons. The number of ether oxygens (including phenoxy) is 1. The summed E-state index contributed by atoms with van der Waals surface area (Å²) < 4.78 is 4.94. The van der Waals surface area contributed by atoms with Crippen molar-refractivity contribution in [2.45, 2.75) is 13.2 Å². The summed E-state index contributed by atoms with van der Waals surface area (Å²) in [6.45, 7) is 12.7. The Hall–Kier alpha value is -1.39. The minimum Gasteiger partial charge on any atom is -0.438 e. The van der Waals surface area contributed by atoms with Gasteiger partial charge in [-0.3, -0.25) is 5.43 Å². The van der Waals surface area contributed by atoms with Crippen molar-refractivity contribution in [1.29, 1.82) is 0 Å². The third-order valence-electron chi connectivity index (χ3n) is 1.29. The van der Waals surface area contributed by atoms with Crippen molar-refractivity contribution in [2.24, 2.45) is 0 Å². The van der Waals surface area contributed by atoms with E-state index >= 15 is 0 Å². The Balaban J connectivity index is 3.90. The first kappa shape index (κ1) is 12.6. The summed E-state index contributed by atoms with van der Waals surface area (Å²) in [6, 6.07) is 0. The molecule has 0 aromatic carbocycles. The molecule has 78 valence electrons. The van der Waals surface area contributed by atoms with Gasteiger partial charge in [0.25, 0.3) is 0 Å². The molecule has 4 heteroatoms. The maximum Gasteiger partial charge on any atom is 0.334 e. The summed E-state index contributed by atoms with van der Waals surface area (Å²) in [5, 5.41) is 0. The first-order valence-electron chi connectivity index (χ1n) is 4.20. The molecule has 0 aliphatic carbocycles. The molecule has 4 nitrogen and oxygen atoms in total. The van der Waals surface area contributed by atoms with E-state index in [4.69, 9.17) is 4.74 Å². The van der Waals surface area contributed by atoms with Gasteiger partial charge in [-0.25, -0.2) is 10.2 Å². The monoisotopic (exact) mass is 196 g/mol. The first-order valence-corrected chi connectivity index (χ1v) is 4.20. The topological polar surface area (TPSA) is 50.4 Å². The Labute approximate surface area is 84.3 Å². The Kier molecular flexibility index (Phi) is 6.36. The summed E-state index contributed by atoms with van der Waals surface area (Å²) in [6.07, 6.45) is 2.57. The molecule has 0 amide bonds. The van der Waals surface area contributed by atoms with E-state index in [1.165, 1.54) is 6.08 Å². The Morgan fingerprint density at radius 2 is 2.21 bits per heavy atom. The second-order valence-corrected chi connectivity index (χ2v) is 2.66. The van der Waals surface area contributed by atoms with Crippen molar-refractivity contribution in [2.75, 3.05) is 6.54 Å². The van der Waals surface area contributed by atoms with Gasteiger partial charge in [-0.05, 0) is 13.0 Å². The lowest BCUT2D eigenvalue weighted by Gasteiger charge is -2.15. The van der Waals surface area contributed by atoms with E-state index in [1.807, 2.05) is 0 Å². The number of rotatable bonds is 7. The van der Waals surface area contributed by atoms with Crippen LogP contribution in [0.4, 0.5) is 0 Å². The van der Waals surface area contributed by atoms with E-state index in [-0.39, 0.29) is 0 Å². The lowest BCUT2D eigenvalue weighted by atomic mass is 10.4. The van der Waals surface area contributed by atoms with E-state index in [0.717, 1.165) is 0 Å². The Morgan fingerprint density at radius 1 is 1.57 bits per heavy atom. The third-order valence-corrected chi connectivity index (χ3v) is 1.29. The number of hydrazine groups is 1. The van der Waals surface area contributed by atoms with E-state index in [0.29, 0.717) is 12.1 Å². The number of carbonyl (C=O) groups excluding carboxylic acids is 1. The van der Waals surface area contributed by atoms with Gasteiger partial charge in [-0.1, -0.05) is 19.2 Å². The lowest BCUT2D eigenvalue weighted by molar-refractivity contribution is -0.143. The third kappa shape index (κ3) is 5.29. The van der Waals surface area contributed by atoms with Gasteiger partial charge in [0, 0.05) is 12.1 Å². The molecule has 0 rings (SSSR count). The zero-order valence-electron chi connectivity index (χ0n) is 8.38. The summed E-state index contributed by atoms with van der Waals surface area (Å²) in [5.41, 5.74) is 5.87. The SMILES string of the molecule is C=CCNNC(C=C)OC(=O)C(=C)C. The van der Waals surface area contributed by atoms with Gasteiger partial charge < -0.3 is 4.74 Å². The second-order valence-electron chi connectivity index (χ2n) is 2.66. The van der Waals surface area contributed by atoms with Crippen LogP contribution >= 0.6 is 0 Å². The van der Waals surface area contributed by atoms with Gasteiger partial charge in [0.1, 0.15) is 0 Å². The number of carbonyl (C=O) groups is 1. The zero-order chi connectivity index (χ0) is 11.0. The summed E-state index contributed by atoms with van der Waals surface area (Å²) in [7, 11) is 0. The molecule has 0 aromatic heterocycles. The molecular weight excluding hydrogens is 180 g/mol. The number of hydrogen-bond acceptors (Lipinski definition) is 4. The maximum absolute atomic E-state index is 11.1. The van der Waals surface area contributed by atoms with Crippen LogP contribution in [0.2, 0.25) is 0 Å². The fourth-order valence-electron chi connectivity index (χ4n) is 0.584. The average Bonchev–Trinajstić information content (AvgIpc) is 2.16. The van der Waals surface area contributed by atoms with E-state index in [9.17, 15) is 4.79 Å².